The van der Waals surface area contributed by atoms with Crippen LogP contribution in [0.4, 0.5) is 11.5 Å². The molecule has 2 aromatic carbocycles. The lowest BCUT2D eigenvalue weighted by Gasteiger charge is -2.29. The number of nitrogens with zero attached hydrogens (tertiary/aromatic N) is 3. The molecule has 3 aromatic rings. The van der Waals surface area contributed by atoms with Crippen LogP contribution in [0.15, 0.2) is 66.9 Å². The first-order valence-corrected chi connectivity index (χ1v) is 8.82. The first kappa shape index (κ1) is 16.8. The highest BCUT2D eigenvalue weighted by molar-refractivity contribution is 6.04. The molecule has 1 aromatic heterocycles. The van der Waals surface area contributed by atoms with Crippen molar-refractivity contribution in [3.8, 4) is 6.07 Å². The highest BCUT2D eigenvalue weighted by Gasteiger charge is 2.18. The highest BCUT2D eigenvalue weighted by Crippen LogP contribution is 2.23. The number of hydrogen-bond donors (Lipinski definition) is 1. The summed E-state index contributed by atoms with van der Waals surface area (Å²) in [5.74, 6) is 0.609. The second kappa shape index (κ2) is 7.30. The third-order valence-corrected chi connectivity index (χ3v) is 4.73. The summed E-state index contributed by atoms with van der Waals surface area (Å²) in [6.07, 6.45) is 2.64. The fourth-order valence-corrected chi connectivity index (χ4v) is 3.26. The molecule has 0 saturated heterocycles. The van der Waals surface area contributed by atoms with E-state index in [0.717, 1.165) is 25.3 Å². The Labute approximate surface area is 157 Å². The van der Waals surface area contributed by atoms with Gasteiger partial charge < -0.3 is 10.2 Å². The lowest BCUT2D eigenvalue weighted by atomic mass is 10.00. The molecule has 0 aliphatic carbocycles. The summed E-state index contributed by atoms with van der Waals surface area (Å²) in [4.78, 5) is 19.2. The molecule has 0 radical (unpaired) electrons. The number of carbonyl (C=O) groups is 1. The quantitative estimate of drug-likeness (QED) is 0.777. The number of aromatic nitrogens is 1. The smallest absolute Gasteiger partial charge is 0.255 e. The molecule has 132 valence electrons. The van der Waals surface area contributed by atoms with Crippen LogP contribution in [-0.4, -0.2) is 17.4 Å². The van der Waals surface area contributed by atoms with Crippen LogP contribution in [0.1, 0.15) is 27.0 Å². The molecule has 27 heavy (non-hydrogen) atoms. The number of fused-ring (bicyclic) bond motifs is 1. The summed E-state index contributed by atoms with van der Waals surface area (Å²) >= 11 is 0. The number of pyridine rings is 1. The molecule has 1 N–H and O–H groups in total. The van der Waals surface area contributed by atoms with Gasteiger partial charge in [0, 0.05) is 30.5 Å². The molecule has 0 fully saturated rings. The van der Waals surface area contributed by atoms with Crippen molar-refractivity contribution < 1.29 is 4.79 Å². The van der Waals surface area contributed by atoms with Gasteiger partial charge in [-0.05, 0) is 53.9 Å². The molecule has 4 rings (SSSR count). The zero-order chi connectivity index (χ0) is 18.6. The molecule has 0 saturated carbocycles. The van der Waals surface area contributed by atoms with Gasteiger partial charge in [-0.3, -0.25) is 4.79 Å². The van der Waals surface area contributed by atoms with E-state index in [1.54, 1.807) is 36.5 Å². The molecule has 0 spiro atoms. The fourth-order valence-electron chi connectivity index (χ4n) is 3.26. The van der Waals surface area contributed by atoms with E-state index in [2.05, 4.69) is 45.5 Å². The van der Waals surface area contributed by atoms with E-state index in [4.69, 9.17) is 5.26 Å². The molecule has 5 heteroatoms. The Bertz CT molecular complexity index is 1020. The average Bonchev–Trinajstić information content (AvgIpc) is 2.74. The van der Waals surface area contributed by atoms with Gasteiger partial charge in [-0.1, -0.05) is 24.3 Å². The molecule has 2 heterocycles. The molecule has 0 atom stereocenters. The van der Waals surface area contributed by atoms with Gasteiger partial charge in [0.05, 0.1) is 11.6 Å². The minimum Gasteiger partial charge on any atom is -0.352 e. The molecular formula is C22H18N4O. The molecule has 1 aliphatic heterocycles. The second-order valence-corrected chi connectivity index (χ2v) is 6.49. The van der Waals surface area contributed by atoms with Gasteiger partial charge in [-0.25, -0.2) is 4.98 Å². The van der Waals surface area contributed by atoms with Crippen LogP contribution in [0, 0.1) is 11.3 Å². The Kier molecular flexibility index (Phi) is 4.54. The Balaban J connectivity index is 1.50. The van der Waals surface area contributed by atoms with Crippen molar-refractivity contribution >= 4 is 17.4 Å². The van der Waals surface area contributed by atoms with Crippen LogP contribution in [0.25, 0.3) is 0 Å². The predicted octanol–water partition coefficient (Wildman–Crippen LogP) is 3.77. The first-order chi connectivity index (χ1) is 13.2. The Morgan fingerprint density at radius 2 is 1.85 bits per heavy atom. The van der Waals surface area contributed by atoms with Crippen molar-refractivity contribution in [3.05, 3.63) is 89.1 Å². The zero-order valence-corrected chi connectivity index (χ0v) is 14.7. The van der Waals surface area contributed by atoms with Crippen molar-refractivity contribution in [2.45, 2.75) is 13.0 Å². The van der Waals surface area contributed by atoms with Crippen LogP contribution in [0.2, 0.25) is 0 Å². The summed E-state index contributed by atoms with van der Waals surface area (Å²) < 4.78 is 0. The SMILES string of the molecule is N#Cc1ccc(NC(=O)c2ccnc(N3CCc4ccccc4C3)c2)cc1. The van der Waals surface area contributed by atoms with Gasteiger partial charge in [-0.15, -0.1) is 0 Å². The standard InChI is InChI=1S/C22H18N4O/c23-14-16-5-7-20(8-6-16)25-22(27)18-9-11-24-21(13-18)26-12-10-17-3-1-2-4-19(17)15-26/h1-9,11,13H,10,12,15H2,(H,25,27). The average molecular weight is 354 g/mol. The fraction of sp³-hybridized carbons (Fsp3) is 0.136. The maximum Gasteiger partial charge on any atom is 0.255 e. The number of amides is 1. The summed E-state index contributed by atoms with van der Waals surface area (Å²) in [7, 11) is 0. The topological polar surface area (TPSA) is 69.0 Å². The summed E-state index contributed by atoms with van der Waals surface area (Å²) in [5.41, 5.74) is 4.46. The van der Waals surface area contributed by atoms with Crippen molar-refractivity contribution in [1.82, 2.24) is 4.98 Å². The normalized spacial score (nSPS) is 12.8. The molecule has 1 aliphatic rings. The summed E-state index contributed by atoms with van der Waals surface area (Å²) in [6.45, 7) is 1.68. The monoisotopic (exact) mass is 354 g/mol. The van der Waals surface area contributed by atoms with Crippen molar-refractivity contribution in [2.24, 2.45) is 0 Å². The number of nitriles is 1. The second-order valence-electron chi connectivity index (χ2n) is 6.49. The number of hydrogen-bond acceptors (Lipinski definition) is 4. The third-order valence-electron chi connectivity index (χ3n) is 4.73. The number of carbonyl (C=O) groups excluding carboxylic acids is 1. The van der Waals surface area contributed by atoms with Gasteiger partial charge in [0.15, 0.2) is 0 Å². The van der Waals surface area contributed by atoms with E-state index in [1.165, 1.54) is 11.1 Å². The van der Waals surface area contributed by atoms with Crippen molar-refractivity contribution in [1.29, 1.82) is 5.26 Å². The van der Waals surface area contributed by atoms with Crippen LogP contribution < -0.4 is 10.2 Å². The first-order valence-electron chi connectivity index (χ1n) is 8.82. The molecular weight excluding hydrogens is 336 g/mol. The van der Waals surface area contributed by atoms with Gasteiger partial charge in [0.1, 0.15) is 5.82 Å². The molecule has 5 nitrogen and oxygen atoms in total. The van der Waals surface area contributed by atoms with Gasteiger partial charge in [-0.2, -0.15) is 5.26 Å². The lowest BCUT2D eigenvalue weighted by Crippen LogP contribution is -2.31. The van der Waals surface area contributed by atoms with E-state index >= 15 is 0 Å². The number of anilines is 2. The number of nitrogens with one attached hydrogen (secondary N) is 1. The number of benzene rings is 2. The van der Waals surface area contributed by atoms with E-state index in [9.17, 15) is 4.79 Å². The van der Waals surface area contributed by atoms with E-state index in [-0.39, 0.29) is 5.91 Å². The molecule has 0 unspecified atom stereocenters. The minimum atomic E-state index is -0.194. The van der Waals surface area contributed by atoms with Gasteiger partial charge in [0.25, 0.3) is 5.91 Å². The van der Waals surface area contributed by atoms with Crippen LogP contribution in [0.5, 0.6) is 0 Å². The zero-order valence-electron chi connectivity index (χ0n) is 14.7. The summed E-state index contributed by atoms with van der Waals surface area (Å²) in [5, 5.41) is 11.7. The van der Waals surface area contributed by atoms with Gasteiger partial charge >= 0.3 is 0 Å². The van der Waals surface area contributed by atoms with E-state index < -0.39 is 0 Å². The van der Waals surface area contributed by atoms with Crippen molar-refractivity contribution in [2.75, 3.05) is 16.8 Å². The number of rotatable bonds is 3. The van der Waals surface area contributed by atoms with Crippen LogP contribution >= 0.6 is 0 Å². The van der Waals surface area contributed by atoms with Crippen LogP contribution in [-0.2, 0) is 13.0 Å². The van der Waals surface area contributed by atoms with E-state index in [1.807, 2.05) is 6.07 Å². The predicted molar refractivity (Wildman–Crippen MR) is 105 cm³/mol. The maximum absolute atomic E-state index is 12.6. The summed E-state index contributed by atoms with van der Waals surface area (Å²) in [6, 6.07) is 20.8. The Morgan fingerprint density at radius 3 is 2.63 bits per heavy atom. The van der Waals surface area contributed by atoms with Gasteiger partial charge in [0.2, 0.25) is 0 Å². The Hall–Kier alpha value is -3.65. The van der Waals surface area contributed by atoms with Crippen LogP contribution in [0.3, 0.4) is 0 Å². The maximum atomic E-state index is 12.6. The minimum absolute atomic E-state index is 0.194. The largest absolute Gasteiger partial charge is 0.352 e. The highest BCUT2D eigenvalue weighted by atomic mass is 16.1. The third kappa shape index (κ3) is 3.65. The van der Waals surface area contributed by atoms with E-state index in [0.29, 0.717) is 16.8 Å². The lowest BCUT2D eigenvalue weighted by molar-refractivity contribution is 0.102. The van der Waals surface area contributed by atoms with Crippen molar-refractivity contribution in [3.63, 3.8) is 0 Å². The Morgan fingerprint density at radius 1 is 1.07 bits per heavy atom. The molecule has 0 bridgehead atoms. The molecule has 1 amide bonds.